The van der Waals surface area contributed by atoms with E-state index in [-0.39, 0.29) is 11.3 Å². The molecule has 0 saturated carbocycles. The average Bonchev–Trinajstić information content (AvgIpc) is 3.21. The first-order valence-electron chi connectivity index (χ1n) is 9.55. The van der Waals surface area contributed by atoms with Crippen LogP contribution in [0.4, 0.5) is 5.69 Å². The SMILES string of the molecule is O=C(O)[C@H]1CN(c2ccc3c(=O)c4cccc(Cl)c4oc3c2)C[C@@H]1c1cccnc1. The Kier molecular flexibility index (Phi) is 4.44. The molecule has 30 heavy (non-hydrogen) atoms. The molecule has 1 aliphatic rings. The van der Waals surface area contributed by atoms with Crippen LogP contribution in [0, 0.1) is 5.92 Å². The molecular weight excluding hydrogens is 404 g/mol. The summed E-state index contributed by atoms with van der Waals surface area (Å²) in [6.45, 7) is 0.895. The normalized spacial score (nSPS) is 18.9. The molecule has 0 radical (unpaired) electrons. The first-order chi connectivity index (χ1) is 14.5. The molecule has 0 amide bonds. The Bertz CT molecular complexity index is 1340. The molecule has 2 aromatic carbocycles. The van der Waals surface area contributed by atoms with Crippen LogP contribution in [0.15, 0.2) is 70.1 Å². The summed E-state index contributed by atoms with van der Waals surface area (Å²) in [6.07, 6.45) is 3.39. The van der Waals surface area contributed by atoms with Gasteiger partial charge >= 0.3 is 5.97 Å². The van der Waals surface area contributed by atoms with Gasteiger partial charge in [0.15, 0.2) is 5.58 Å². The number of aliphatic carboxylic acids is 1. The molecule has 4 aromatic rings. The molecule has 6 nitrogen and oxygen atoms in total. The number of nitrogens with zero attached hydrogens (tertiary/aromatic N) is 2. The van der Waals surface area contributed by atoms with E-state index in [9.17, 15) is 14.7 Å². The van der Waals surface area contributed by atoms with Gasteiger partial charge in [-0.05, 0) is 35.9 Å². The summed E-state index contributed by atoms with van der Waals surface area (Å²) in [7, 11) is 0. The molecular formula is C23H17ClN2O4. The fourth-order valence-corrected chi connectivity index (χ4v) is 4.44. The quantitative estimate of drug-likeness (QED) is 0.497. The molecule has 1 saturated heterocycles. The third-order valence-corrected chi connectivity index (χ3v) is 6.05. The lowest BCUT2D eigenvalue weighted by Gasteiger charge is -2.19. The van der Waals surface area contributed by atoms with Gasteiger partial charge in [-0.1, -0.05) is 23.7 Å². The summed E-state index contributed by atoms with van der Waals surface area (Å²) in [6, 6.07) is 14.2. The highest BCUT2D eigenvalue weighted by molar-refractivity contribution is 6.34. The molecule has 0 unspecified atom stereocenters. The smallest absolute Gasteiger partial charge is 0.308 e. The number of para-hydroxylation sites is 1. The molecule has 0 aliphatic carbocycles. The highest BCUT2D eigenvalue weighted by Crippen LogP contribution is 2.36. The number of hydrogen-bond acceptors (Lipinski definition) is 5. The van der Waals surface area contributed by atoms with Crippen LogP contribution >= 0.6 is 11.6 Å². The van der Waals surface area contributed by atoms with Crippen molar-refractivity contribution in [1.82, 2.24) is 4.98 Å². The molecule has 7 heteroatoms. The van der Waals surface area contributed by atoms with Crippen molar-refractivity contribution in [3.05, 3.63) is 81.7 Å². The zero-order valence-corrected chi connectivity index (χ0v) is 16.5. The standard InChI is InChI=1S/C23H17ClN2O4/c24-19-5-1-4-16-21(27)15-7-6-14(9-20(15)30-22(16)19)26-11-17(18(12-26)23(28)29)13-3-2-8-25-10-13/h1-10,17-18H,11-12H2,(H,28,29)/t17-,18+/m1/s1. The number of anilines is 1. The second-order valence-corrected chi connectivity index (χ2v) is 7.88. The van der Waals surface area contributed by atoms with Crippen molar-refractivity contribution in [3.8, 4) is 0 Å². The molecule has 1 N–H and O–H groups in total. The van der Waals surface area contributed by atoms with Gasteiger partial charge in [-0.2, -0.15) is 0 Å². The van der Waals surface area contributed by atoms with Gasteiger partial charge in [0.25, 0.3) is 0 Å². The monoisotopic (exact) mass is 420 g/mol. The summed E-state index contributed by atoms with van der Waals surface area (Å²) in [5.74, 6) is -1.57. The van der Waals surface area contributed by atoms with Crippen LogP contribution in [0.2, 0.25) is 5.02 Å². The Hall–Kier alpha value is -3.38. The first-order valence-corrected chi connectivity index (χ1v) is 9.93. The zero-order valence-electron chi connectivity index (χ0n) is 15.8. The largest absolute Gasteiger partial charge is 0.481 e. The molecule has 5 rings (SSSR count). The second-order valence-electron chi connectivity index (χ2n) is 7.47. The predicted octanol–water partition coefficient (Wildman–Crippen LogP) is 4.30. The van der Waals surface area contributed by atoms with Crippen molar-refractivity contribution in [2.75, 3.05) is 18.0 Å². The van der Waals surface area contributed by atoms with Crippen molar-refractivity contribution in [2.45, 2.75) is 5.92 Å². The van der Waals surface area contributed by atoms with Crippen LogP contribution < -0.4 is 10.3 Å². The molecule has 0 spiro atoms. The van der Waals surface area contributed by atoms with E-state index in [0.717, 1.165) is 11.3 Å². The lowest BCUT2D eigenvalue weighted by molar-refractivity contribution is -0.141. The Morgan fingerprint density at radius 3 is 2.77 bits per heavy atom. The van der Waals surface area contributed by atoms with E-state index >= 15 is 0 Å². The van der Waals surface area contributed by atoms with Crippen molar-refractivity contribution in [3.63, 3.8) is 0 Å². The summed E-state index contributed by atoms with van der Waals surface area (Å²) in [5, 5.41) is 11.0. The maximum Gasteiger partial charge on any atom is 0.308 e. The second kappa shape index (κ2) is 7.15. The van der Waals surface area contributed by atoms with Gasteiger partial charge in [0.2, 0.25) is 5.43 Å². The number of hydrogen-bond donors (Lipinski definition) is 1. The van der Waals surface area contributed by atoms with Crippen molar-refractivity contribution in [1.29, 1.82) is 0 Å². The number of halogens is 1. The van der Waals surface area contributed by atoms with Gasteiger partial charge in [0.1, 0.15) is 5.58 Å². The van der Waals surface area contributed by atoms with E-state index in [2.05, 4.69) is 4.98 Å². The average molecular weight is 421 g/mol. The van der Waals surface area contributed by atoms with E-state index < -0.39 is 11.9 Å². The lowest BCUT2D eigenvalue weighted by atomic mass is 9.90. The van der Waals surface area contributed by atoms with Crippen molar-refractivity contribution >= 4 is 45.2 Å². The molecule has 150 valence electrons. The fraction of sp³-hybridized carbons (Fsp3) is 0.174. The van der Waals surface area contributed by atoms with E-state index in [0.29, 0.717) is 40.1 Å². The third-order valence-electron chi connectivity index (χ3n) is 5.75. The van der Waals surface area contributed by atoms with Gasteiger partial charge in [-0.15, -0.1) is 0 Å². The lowest BCUT2D eigenvalue weighted by Crippen LogP contribution is -2.23. The number of pyridine rings is 1. The van der Waals surface area contributed by atoms with Gasteiger partial charge in [0, 0.05) is 43.2 Å². The van der Waals surface area contributed by atoms with Crippen LogP contribution in [0.25, 0.3) is 21.9 Å². The summed E-state index contributed by atoms with van der Waals surface area (Å²) in [4.78, 5) is 30.9. The maximum atomic E-state index is 12.8. The van der Waals surface area contributed by atoms with Crippen LogP contribution in [0.3, 0.4) is 0 Å². The molecule has 1 aliphatic heterocycles. The fourth-order valence-electron chi connectivity index (χ4n) is 4.22. The van der Waals surface area contributed by atoms with Gasteiger partial charge < -0.3 is 14.4 Å². The van der Waals surface area contributed by atoms with E-state index in [1.807, 2.05) is 23.1 Å². The topological polar surface area (TPSA) is 83.6 Å². The molecule has 0 bridgehead atoms. The number of carboxylic acid groups (broad SMARTS) is 1. The van der Waals surface area contributed by atoms with Crippen LogP contribution in [0.5, 0.6) is 0 Å². The van der Waals surface area contributed by atoms with E-state index in [1.54, 1.807) is 42.7 Å². The number of fused-ring (bicyclic) bond motifs is 2. The van der Waals surface area contributed by atoms with Crippen molar-refractivity contribution in [2.24, 2.45) is 5.92 Å². The minimum absolute atomic E-state index is 0.140. The van der Waals surface area contributed by atoms with Gasteiger partial charge in [0.05, 0.1) is 21.7 Å². The minimum atomic E-state index is -0.837. The van der Waals surface area contributed by atoms with Crippen LogP contribution in [0.1, 0.15) is 11.5 Å². The highest BCUT2D eigenvalue weighted by atomic mass is 35.5. The van der Waals surface area contributed by atoms with Gasteiger partial charge in [-0.3, -0.25) is 14.6 Å². The zero-order chi connectivity index (χ0) is 20.8. The molecule has 2 aromatic heterocycles. The van der Waals surface area contributed by atoms with E-state index in [1.165, 1.54) is 0 Å². The number of aromatic nitrogens is 1. The maximum absolute atomic E-state index is 12.8. The van der Waals surface area contributed by atoms with Crippen LogP contribution in [-0.4, -0.2) is 29.1 Å². The highest BCUT2D eigenvalue weighted by Gasteiger charge is 2.39. The third kappa shape index (κ3) is 3.00. The Morgan fingerprint density at radius 2 is 2.00 bits per heavy atom. The predicted molar refractivity (Wildman–Crippen MR) is 115 cm³/mol. The molecule has 3 heterocycles. The van der Waals surface area contributed by atoms with Gasteiger partial charge in [-0.25, -0.2) is 0 Å². The number of carboxylic acids is 1. The van der Waals surface area contributed by atoms with Crippen LogP contribution in [-0.2, 0) is 4.79 Å². The molecule has 2 atom stereocenters. The van der Waals surface area contributed by atoms with Crippen molar-refractivity contribution < 1.29 is 14.3 Å². The van der Waals surface area contributed by atoms with E-state index in [4.69, 9.17) is 16.0 Å². The summed E-state index contributed by atoms with van der Waals surface area (Å²) >= 11 is 6.22. The molecule has 1 fully saturated rings. The Balaban J connectivity index is 1.58. The number of rotatable bonds is 3. The summed E-state index contributed by atoms with van der Waals surface area (Å²) in [5.41, 5.74) is 2.34. The minimum Gasteiger partial charge on any atom is -0.481 e. The number of benzene rings is 2. The Morgan fingerprint density at radius 1 is 1.13 bits per heavy atom. The first kappa shape index (κ1) is 18.6. The Labute approximate surface area is 176 Å². The summed E-state index contributed by atoms with van der Waals surface area (Å²) < 4.78 is 5.96. The number of carbonyl (C=O) groups is 1.